The van der Waals surface area contributed by atoms with Crippen LogP contribution < -0.4 is 20.7 Å². The number of alkyl halides is 3. The van der Waals surface area contributed by atoms with Crippen molar-refractivity contribution < 1.29 is 27.5 Å². The van der Waals surface area contributed by atoms with E-state index in [1.807, 2.05) is 0 Å². The number of anilines is 2. The maximum absolute atomic E-state index is 13.3. The molecular weight excluding hydrogens is 501 g/mol. The van der Waals surface area contributed by atoms with E-state index in [0.29, 0.717) is 30.0 Å². The van der Waals surface area contributed by atoms with Crippen molar-refractivity contribution in [3.05, 3.63) is 71.0 Å². The number of nitrogens with zero attached hydrogens (tertiary/aromatic N) is 3. The molecule has 0 radical (unpaired) electrons. The van der Waals surface area contributed by atoms with Gasteiger partial charge in [0.25, 0.3) is 0 Å². The molecule has 1 aliphatic rings. The molecular formula is C23H20ClF3N6O3. The minimum atomic E-state index is -4.59. The van der Waals surface area contributed by atoms with Crippen LogP contribution in [-0.2, 0) is 17.5 Å². The second kappa shape index (κ2) is 9.97. The fourth-order valence-electron chi connectivity index (χ4n) is 3.25. The van der Waals surface area contributed by atoms with Crippen LogP contribution in [0.5, 0.6) is 5.75 Å². The first kappa shape index (κ1) is 25.2. The van der Waals surface area contributed by atoms with E-state index >= 15 is 0 Å². The summed E-state index contributed by atoms with van der Waals surface area (Å²) in [6.07, 6.45) is -0.454. The Morgan fingerprint density at radius 3 is 2.42 bits per heavy atom. The molecule has 0 unspecified atom stereocenters. The van der Waals surface area contributed by atoms with Gasteiger partial charge in [-0.3, -0.25) is 9.78 Å². The van der Waals surface area contributed by atoms with Gasteiger partial charge in [-0.1, -0.05) is 11.6 Å². The van der Waals surface area contributed by atoms with E-state index in [0.717, 1.165) is 6.07 Å². The van der Waals surface area contributed by atoms with Crippen molar-refractivity contribution in [2.45, 2.75) is 38.0 Å². The van der Waals surface area contributed by atoms with Crippen LogP contribution in [0.3, 0.4) is 0 Å². The minimum Gasteiger partial charge on any atom is -0.407 e. The third-order valence-electron chi connectivity index (χ3n) is 5.31. The number of carbonyl (C=O) groups is 2. The molecule has 2 heterocycles. The lowest BCUT2D eigenvalue weighted by atomic mass is 10.1. The maximum atomic E-state index is 13.3. The Bertz CT molecular complexity index is 1270. The van der Waals surface area contributed by atoms with Crippen molar-refractivity contribution in [1.82, 2.24) is 25.6 Å². The first-order valence-corrected chi connectivity index (χ1v) is 11.1. The number of aryl methyl sites for hydroxylation is 1. The van der Waals surface area contributed by atoms with E-state index in [2.05, 4.69) is 30.9 Å². The summed E-state index contributed by atoms with van der Waals surface area (Å²) in [4.78, 5) is 36.8. The minimum absolute atomic E-state index is 0.0301. The number of hydrogen-bond acceptors (Lipinski definition) is 7. The van der Waals surface area contributed by atoms with Gasteiger partial charge in [-0.2, -0.15) is 13.2 Å². The molecule has 4 rings (SSSR count). The summed E-state index contributed by atoms with van der Waals surface area (Å²) < 4.78 is 44.9. The highest BCUT2D eigenvalue weighted by atomic mass is 35.5. The van der Waals surface area contributed by atoms with Crippen LogP contribution in [0.15, 0.2) is 48.9 Å². The molecule has 1 aliphatic carbocycles. The molecule has 2 amide bonds. The molecule has 3 aromatic rings. The quantitative estimate of drug-likeness (QED) is 0.419. The normalized spacial score (nSPS) is 14.0. The lowest BCUT2D eigenvalue weighted by Crippen LogP contribution is -2.49. The summed E-state index contributed by atoms with van der Waals surface area (Å²) in [5.41, 5.74) is -1.35. The Kier molecular flexibility index (Phi) is 6.97. The van der Waals surface area contributed by atoms with Crippen LogP contribution in [0.4, 0.5) is 29.3 Å². The van der Waals surface area contributed by atoms with Crippen LogP contribution in [0.25, 0.3) is 0 Å². The number of ether oxygens (including phenoxy) is 1. The highest BCUT2D eigenvalue weighted by Gasteiger charge is 2.51. The second-order valence-corrected chi connectivity index (χ2v) is 8.53. The molecule has 13 heteroatoms. The lowest BCUT2D eigenvalue weighted by Gasteiger charge is -2.17. The van der Waals surface area contributed by atoms with Gasteiger partial charge in [-0.25, -0.2) is 14.8 Å². The zero-order chi connectivity index (χ0) is 25.9. The molecule has 1 aromatic carbocycles. The molecule has 1 saturated carbocycles. The number of rotatable bonds is 7. The number of carbonyl (C=O) groups excluding carboxylic acids is 2. The Morgan fingerprint density at radius 2 is 1.81 bits per heavy atom. The highest BCUT2D eigenvalue weighted by Crippen LogP contribution is 2.38. The van der Waals surface area contributed by atoms with E-state index in [9.17, 15) is 22.8 Å². The second-order valence-electron chi connectivity index (χ2n) is 8.10. The topological polar surface area (TPSA) is 118 Å². The smallest absolute Gasteiger partial charge is 0.407 e. The van der Waals surface area contributed by atoms with Crippen molar-refractivity contribution in [2.24, 2.45) is 0 Å². The molecule has 1 fully saturated rings. The van der Waals surface area contributed by atoms with Gasteiger partial charge in [-0.15, -0.1) is 0 Å². The molecule has 0 saturated heterocycles. The number of aromatic nitrogens is 3. The number of benzene rings is 1. The summed E-state index contributed by atoms with van der Waals surface area (Å²) >= 11 is 5.70. The molecule has 2 aromatic heterocycles. The number of pyridine rings is 1. The van der Waals surface area contributed by atoms with Crippen molar-refractivity contribution in [1.29, 1.82) is 0 Å². The van der Waals surface area contributed by atoms with Gasteiger partial charge in [0.2, 0.25) is 5.91 Å². The molecule has 0 spiro atoms. The SMILES string of the molecule is Cc1ncc(OC(=O)NC2(C(=O)NCc3ccc(Nc4ccc(Cl)cc4C(F)(F)F)cn3)CC2)cn1. The van der Waals surface area contributed by atoms with Crippen LogP contribution in [-0.4, -0.2) is 32.5 Å². The van der Waals surface area contributed by atoms with Crippen LogP contribution in [0.1, 0.15) is 29.9 Å². The maximum Gasteiger partial charge on any atom is 0.418 e. The lowest BCUT2D eigenvalue weighted by molar-refractivity contribution is -0.137. The van der Waals surface area contributed by atoms with Gasteiger partial charge in [0, 0.05) is 5.02 Å². The summed E-state index contributed by atoms with van der Waals surface area (Å²) in [5.74, 6) is 0.266. The summed E-state index contributed by atoms with van der Waals surface area (Å²) in [6, 6.07) is 6.52. The average molecular weight is 521 g/mol. The van der Waals surface area contributed by atoms with Crippen molar-refractivity contribution in [3.8, 4) is 5.75 Å². The van der Waals surface area contributed by atoms with Crippen molar-refractivity contribution >= 4 is 35.0 Å². The standard InChI is InChI=1S/C23H20ClF3N6O3/c1-13-28-11-17(12-29-13)36-21(35)33-22(6-7-22)20(34)31-9-15-3-4-16(10-30-15)32-19-5-2-14(24)8-18(19)23(25,26)27/h2-5,8,10-12,32H,6-7,9H2,1H3,(H,31,34)(H,33,35). The van der Waals surface area contributed by atoms with E-state index in [1.54, 1.807) is 13.0 Å². The Labute approximate surface area is 208 Å². The number of amides is 2. The summed E-state index contributed by atoms with van der Waals surface area (Å²) in [7, 11) is 0. The zero-order valence-corrected chi connectivity index (χ0v) is 19.6. The average Bonchev–Trinajstić information content (AvgIpc) is 3.61. The number of hydrogen-bond donors (Lipinski definition) is 3. The third-order valence-corrected chi connectivity index (χ3v) is 5.55. The Hall–Kier alpha value is -3.93. The van der Waals surface area contributed by atoms with Gasteiger partial charge >= 0.3 is 12.3 Å². The van der Waals surface area contributed by atoms with E-state index in [-0.39, 0.29) is 23.0 Å². The molecule has 3 N–H and O–H groups in total. The fourth-order valence-corrected chi connectivity index (χ4v) is 3.43. The monoisotopic (exact) mass is 520 g/mol. The van der Waals surface area contributed by atoms with E-state index < -0.39 is 29.3 Å². The van der Waals surface area contributed by atoms with Crippen molar-refractivity contribution in [3.63, 3.8) is 0 Å². The molecule has 0 atom stereocenters. The molecule has 188 valence electrons. The third kappa shape index (κ3) is 6.19. The van der Waals surface area contributed by atoms with E-state index in [1.165, 1.54) is 36.8 Å². The fraction of sp³-hybridized carbons (Fsp3) is 0.261. The molecule has 36 heavy (non-hydrogen) atoms. The molecule has 0 aliphatic heterocycles. The van der Waals surface area contributed by atoms with Crippen molar-refractivity contribution in [2.75, 3.05) is 5.32 Å². The molecule has 0 bridgehead atoms. The van der Waals surface area contributed by atoms with Crippen LogP contribution in [0, 0.1) is 6.92 Å². The van der Waals surface area contributed by atoms with Crippen LogP contribution >= 0.6 is 11.6 Å². The predicted molar refractivity (Wildman–Crippen MR) is 124 cm³/mol. The zero-order valence-electron chi connectivity index (χ0n) is 18.8. The molecule has 9 nitrogen and oxygen atoms in total. The van der Waals surface area contributed by atoms with E-state index in [4.69, 9.17) is 16.3 Å². The number of halogens is 4. The number of nitrogens with one attached hydrogen (secondary N) is 3. The summed E-state index contributed by atoms with van der Waals surface area (Å²) in [5, 5.41) is 7.91. The first-order valence-electron chi connectivity index (χ1n) is 10.7. The van der Waals surface area contributed by atoms with Gasteiger partial charge in [0.05, 0.1) is 47.8 Å². The largest absolute Gasteiger partial charge is 0.418 e. The van der Waals surface area contributed by atoms with Gasteiger partial charge < -0.3 is 20.7 Å². The highest BCUT2D eigenvalue weighted by molar-refractivity contribution is 6.30. The Morgan fingerprint density at radius 1 is 1.08 bits per heavy atom. The van der Waals surface area contributed by atoms with Gasteiger partial charge in [0.15, 0.2) is 5.75 Å². The van der Waals surface area contributed by atoms with Crippen LogP contribution in [0.2, 0.25) is 5.02 Å². The predicted octanol–water partition coefficient (Wildman–Crippen LogP) is 4.53. The first-order chi connectivity index (χ1) is 17.0. The summed E-state index contributed by atoms with van der Waals surface area (Å²) in [6.45, 7) is 1.74. The Balaban J connectivity index is 1.31. The van der Waals surface area contributed by atoms with Gasteiger partial charge in [0.1, 0.15) is 11.4 Å². The van der Waals surface area contributed by atoms with Gasteiger partial charge in [-0.05, 0) is 50.1 Å².